The Morgan fingerprint density at radius 1 is 1.13 bits per heavy atom. The summed E-state index contributed by atoms with van der Waals surface area (Å²) in [5.41, 5.74) is 1.98. The van der Waals surface area contributed by atoms with Crippen molar-refractivity contribution in [3.8, 4) is 17.0 Å². The van der Waals surface area contributed by atoms with E-state index in [1.165, 1.54) is 19.4 Å². The average Bonchev–Trinajstić information content (AvgIpc) is 3.18. The summed E-state index contributed by atoms with van der Waals surface area (Å²) in [7, 11) is 1.47. The number of H-pyrrole nitrogens is 1. The van der Waals surface area contributed by atoms with Gasteiger partial charge in [0.1, 0.15) is 28.3 Å². The molecule has 6 nitrogen and oxygen atoms in total. The number of benzene rings is 2. The molecule has 0 aliphatic carbocycles. The van der Waals surface area contributed by atoms with E-state index in [0.29, 0.717) is 49.8 Å². The zero-order valence-corrected chi connectivity index (χ0v) is 18.1. The summed E-state index contributed by atoms with van der Waals surface area (Å²) < 4.78 is 20.2. The Kier molecular flexibility index (Phi) is 5.69. The third-order valence-electron chi connectivity index (χ3n) is 4.53. The number of anilines is 2. The quantitative estimate of drug-likeness (QED) is 0.374. The van der Waals surface area contributed by atoms with E-state index >= 15 is 0 Å². The van der Waals surface area contributed by atoms with Gasteiger partial charge in [0.05, 0.1) is 34.6 Å². The van der Waals surface area contributed by atoms with Gasteiger partial charge in [-0.05, 0) is 31.2 Å². The lowest BCUT2D eigenvalue weighted by atomic mass is 10.1. The fourth-order valence-corrected chi connectivity index (χ4v) is 4.25. The number of fused-ring (bicyclic) bond motifs is 1. The summed E-state index contributed by atoms with van der Waals surface area (Å²) in [5.74, 6) is 0.125. The van der Waals surface area contributed by atoms with Gasteiger partial charge in [0.15, 0.2) is 0 Å². The third kappa shape index (κ3) is 3.53. The fraction of sp³-hybridized carbons (Fsp3) is 0.150. The molecule has 0 unspecified atom stereocenters. The van der Waals surface area contributed by atoms with Gasteiger partial charge in [-0.15, -0.1) is 0 Å². The minimum atomic E-state index is -0.486. The molecule has 30 heavy (non-hydrogen) atoms. The van der Waals surface area contributed by atoms with Gasteiger partial charge in [0.2, 0.25) is 5.95 Å². The number of rotatable bonds is 5. The summed E-state index contributed by atoms with van der Waals surface area (Å²) in [6.45, 7) is 2.34. The monoisotopic (exact) mass is 465 g/mol. The number of methoxy groups -OCH3 is 1. The first kappa shape index (κ1) is 20.7. The van der Waals surface area contributed by atoms with Crippen LogP contribution < -0.4 is 9.64 Å². The summed E-state index contributed by atoms with van der Waals surface area (Å²) in [6, 6.07) is 7.74. The second kappa shape index (κ2) is 8.26. The van der Waals surface area contributed by atoms with Gasteiger partial charge in [-0.25, -0.2) is 14.4 Å². The summed E-state index contributed by atoms with van der Waals surface area (Å²) in [4.78, 5) is 10.9. The molecular weight excluding hydrogens is 452 g/mol. The zero-order chi connectivity index (χ0) is 21.4. The Hall–Kier alpha value is -2.61. The predicted octanol–water partition coefficient (Wildman–Crippen LogP) is 6.29. The molecule has 0 bridgehead atoms. The number of aromatic amines is 1. The molecule has 0 radical (unpaired) electrons. The maximum absolute atomic E-state index is 14.8. The minimum Gasteiger partial charge on any atom is -0.496 e. The Bertz CT molecular complexity index is 1220. The van der Waals surface area contributed by atoms with Crippen LogP contribution in [0.4, 0.5) is 16.0 Å². The number of nitrogens with zero attached hydrogens (tertiary/aromatic N) is 4. The Morgan fingerprint density at radius 2 is 1.87 bits per heavy atom. The number of ether oxygens (including phenoxy) is 1. The maximum atomic E-state index is 14.8. The van der Waals surface area contributed by atoms with Crippen LogP contribution in [0.25, 0.3) is 22.3 Å². The predicted molar refractivity (Wildman–Crippen MR) is 118 cm³/mol. The van der Waals surface area contributed by atoms with E-state index in [1.54, 1.807) is 29.2 Å². The highest BCUT2D eigenvalue weighted by molar-refractivity contribution is 6.42. The normalized spacial score (nSPS) is 11.1. The first-order chi connectivity index (χ1) is 14.4. The van der Waals surface area contributed by atoms with Gasteiger partial charge >= 0.3 is 0 Å². The topological polar surface area (TPSA) is 66.9 Å². The molecule has 2 heterocycles. The van der Waals surface area contributed by atoms with E-state index in [2.05, 4.69) is 20.2 Å². The van der Waals surface area contributed by atoms with Crippen LogP contribution in [0.15, 0.2) is 36.5 Å². The van der Waals surface area contributed by atoms with Gasteiger partial charge in [-0.2, -0.15) is 5.10 Å². The van der Waals surface area contributed by atoms with Gasteiger partial charge in [-0.3, -0.25) is 5.10 Å². The Morgan fingerprint density at radius 3 is 2.53 bits per heavy atom. The highest BCUT2D eigenvalue weighted by atomic mass is 35.5. The fourth-order valence-electron chi connectivity index (χ4n) is 3.23. The number of hydrogen-bond donors (Lipinski definition) is 1. The van der Waals surface area contributed by atoms with Crippen molar-refractivity contribution in [1.82, 2.24) is 20.2 Å². The van der Waals surface area contributed by atoms with Gasteiger partial charge in [0.25, 0.3) is 0 Å². The van der Waals surface area contributed by atoms with Crippen LogP contribution in [-0.2, 0) is 0 Å². The molecule has 0 fully saturated rings. The minimum absolute atomic E-state index is 0.197. The average molecular weight is 467 g/mol. The van der Waals surface area contributed by atoms with Crippen LogP contribution in [0.5, 0.6) is 5.75 Å². The van der Waals surface area contributed by atoms with Crippen molar-refractivity contribution in [2.75, 3.05) is 18.6 Å². The lowest BCUT2D eigenvalue weighted by Gasteiger charge is -2.24. The van der Waals surface area contributed by atoms with E-state index in [9.17, 15) is 4.39 Å². The van der Waals surface area contributed by atoms with E-state index in [4.69, 9.17) is 39.5 Å². The molecule has 0 saturated heterocycles. The standard InChI is InChI=1S/C20H15Cl3FN5O/c1-3-29(19-11(22)7-10(21)8-12(19)23)20-26-14-9-25-28-17(14)18(27-20)16-13(24)5-4-6-15(16)30-2/h4-9H,3H2,1-2H3,(H,25,28). The van der Waals surface area contributed by atoms with E-state index in [-0.39, 0.29) is 11.5 Å². The molecule has 4 aromatic rings. The third-order valence-corrected chi connectivity index (χ3v) is 5.32. The highest BCUT2D eigenvalue weighted by Gasteiger charge is 2.23. The van der Waals surface area contributed by atoms with Crippen molar-refractivity contribution in [3.05, 3.63) is 57.4 Å². The second-order valence-corrected chi connectivity index (χ2v) is 7.53. The van der Waals surface area contributed by atoms with Crippen LogP contribution in [0.2, 0.25) is 15.1 Å². The van der Waals surface area contributed by atoms with Crippen LogP contribution in [0, 0.1) is 5.82 Å². The van der Waals surface area contributed by atoms with Crippen molar-refractivity contribution < 1.29 is 9.13 Å². The number of halogens is 4. The van der Waals surface area contributed by atoms with Crippen molar-refractivity contribution in [3.63, 3.8) is 0 Å². The molecule has 1 N–H and O–H groups in total. The molecule has 2 aromatic carbocycles. The van der Waals surface area contributed by atoms with Crippen LogP contribution in [0.3, 0.4) is 0 Å². The number of nitrogens with one attached hydrogen (secondary N) is 1. The molecule has 0 spiro atoms. The van der Waals surface area contributed by atoms with Gasteiger partial charge < -0.3 is 9.64 Å². The number of hydrogen-bond acceptors (Lipinski definition) is 5. The number of aromatic nitrogens is 4. The molecule has 0 aliphatic rings. The molecular formula is C20H15Cl3FN5O. The van der Waals surface area contributed by atoms with E-state index < -0.39 is 5.82 Å². The van der Waals surface area contributed by atoms with Crippen molar-refractivity contribution >= 4 is 57.5 Å². The van der Waals surface area contributed by atoms with Crippen LogP contribution in [-0.4, -0.2) is 33.8 Å². The van der Waals surface area contributed by atoms with Crippen LogP contribution in [0.1, 0.15) is 6.92 Å². The first-order valence-corrected chi connectivity index (χ1v) is 10.0. The van der Waals surface area contributed by atoms with Gasteiger partial charge in [-0.1, -0.05) is 40.9 Å². The smallest absolute Gasteiger partial charge is 0.231 e. The molecule has 0 aliphatic heterocycles. The molecule has 2 aromatic heterocycles. The molecule has 0 saturated carbocycles. The molecule has 0 atom stereocenters. The van der Waals surface area contributed by atoms with Crippen LogP contribution >= 0.6 is 34.8 Å². The van der Waals surface area contributed by atoms with Gasteiger partial charge in [0, 0.05) is 11.6 Å². The summed E-state index contributed by atoms with van der Waals surface area (Å²) in [5, 5.41) is 7.97. The molecule has 0 amide bonds. The van der Waals surface area contributed by atoms with Crippen molar-refractivity contribution in [2.45, 2.75) is 6.92 Å². The zero-order valence-electron chi connectivity index (χ0n) is 15.9. The van der Waals surface area contributed by atoms with E-state index in [0.717, 1.165) is 0 Å². The first-order valence-electron chi connectivity index (χ1n) is 8.90. The van der Waals surface area contributed by atoms with Crippen molar-refractivity contribution in [1.29, 1.82) is 0 Å². The Balaban J connectivity index is 1.99. The van der Waals surface area contributed by atoms with Crippen molar-refractivity contribution in [2.24, 2.45) is 0 Å². The lowest BCUT2D eigenvalue weighted by Crippen LogP contribution is -2.20. The molecule has 10 heteroatoms. The summed E-state index contributed by atoms with van der Waals surface area (Å²) >= 11 is 18.9. The largest absolute Gasteiger partial charge is 0.496 e. The Labute approximate surface area is 186 Å². The lowest BCUT2D eigenvalue weighted by molar-refractivity contribution is 0.413. The SMILES string of the molecule is CCN(c1nc(-c2c(F)cccc2OC)c2[nH]ncc2n1)c1c(Cl)cc(Cl)cc1Cl. The second-order valence-electron chi connectivity index (χ2n) is 6.28. The maximum Gasteiger partial charge on any atom is 0.231 e. The highest BCUT2D eigenvalue weighted by Crippen LogP contribution is 2.41. The van der Waals surface area contributed by atoms with E-state index in [1.807, 2.05) is 6.92 Å². The summed E-state index contributed by atoms with van der Waals surface area (Å²) in [6.07, 6.45) is 1.54. The molecule has 4 rings (SSSR count). The molecule has 154 valence electrons.